The topological polar surface area (TPSA) is 96.8 Å². The molecule has 0 spiro atoms. The molecule has 3 saturated heterocycles. The minimum atomic E-state index is -0.541. The summed E-state index contributed by atoms with van der Waals surface area (Å²) in [7, 11) is 0. The second kappa shape index (κ2) is 6.60. The van der Waals surface area contributed by atoms with Gasteiger partial charge in [-0.3, -0.25) is 19.2 Å². The lowest BCUT2D eigenvalue weighted by atomic mass is 9.92. The Morgan fingerprint density at radius 1 is 1.31 bits per heavy atom. The highest BCUT2D eigenvalue weighted by Gasteiger charge is 2.54. The average Bonchev–Trinajstić information content (AvgIpc) is 3.25. The van der Waals surface area contributed by atoms with Crippen LogP contribution in [0.25, 0.3) is 0 Å². The summed E-state index contributed by atoms with van der Waals surface area (Å²) < 4.78 is 13.5. The fourth-order valence-electron chi connectivity index (χ4n) is 4.59. The van der Waals surface area contributed by atoms with Crippen molar-refractivity contribution in [2.24, 2.45) is 5.92 Å². The van der Waals surface area contributed by atoms with E-state index in [1.54, 1.807) is 6.20 Å². The summed E-state index contributed by atoms with van der Waals surface area (Å²) in [6.07, 6.45) is 3.38. The lowest BCUT2D eigenvalue weighted by molar-refractivity contribution is -0.102. The molecule has 144 valence electrons. The number of aliphatic hydroxyl groups is 1. The molecule has 3 fully saturated rings. The van der Waals surface area contributed by atoms with Crippen LogP contribution in [0.2, 0.25) is 0 Å². The molecule has 0 amide bonds. The summed E-state index contributed by atoms with van der Waals surface area (Å²) in [6, 6.07) is 0. The molecule has 1 aromatic heterocycles. The Balaban J connectivity index is 1.66. The molecule has 0 aliphatic carbocycles. The molecule has 0 bridgehead atoms. The highest BCUT2D eigenvalue weighted by molar-refractivity contribution is 5.07. The van der Waals surface area contributed by atoms with Gasteiger partial charge in [0.1, 0.15) is 12.3 Å². The molecule has 8 heteroatoms. The summed E-state index contributed by atoms with van der Waals surface area (Å²) in [6.45, 7) is 6.32. The summed E-state index contributed by atoms with van der Waals surface area (Å²) >= 11 is 0. The molecule has 2 N–H and O–H groups in total. The molecule has 26 heavy (non-hydrogen) atoms. The minimum Gasteiger partial charge on any atom is -0.394 e. The summed E-state index contributed by atoms with van der Waals surface area (Å²) in [4.78, 5) is 29.4. The highest BCUT2D eigenvalue weighted by Crippen LogP contribution is 2.48. The third-order valence-corrected chi connectivity index (χ3v) is 5.74. The van der Waals surface area contributed by atoms with Gasteiger partial charge in [0.05, 0.1) is 18.3 Å². The maximum absolute atomic E-state index is 12.5. The van der Waals surface area contributed by atoms with Crippen LogP contribution in [0.1, 0.15) is 44.9 Å². The second-order valence-corrected chi connectivity index (χ2v) is 8.26. The molecule has 4 atom stereocenters. The molecule has 4 heterocycles. The van der Waals surface area contributed by atoms with Crippen molar-refractivity contribution in [2.45, 2.75) is 63.7 Å². The standard InChI is InChI=1S/C18H27N3O5/c1-18(2)7-12-14(26-18)13(10-22)25-16(12)21-9-11(15(23)19-17(21)24)8-20-5-3-4-6-20/h9,12-14,16,22H,3-8,10H2,1-2H3,(H,19,23,24)/t12?,13?,14?,16-/m1/s1. The Labute approximate surface area is 151 Å². The van der Waals surface area contributed by atoms with Crippen molar-refractivity contribution in [3.8, 4) is 0 Å². The van der Waals surface area contributed by atoms with Gasteiger partial charge in [0.25, 0.3) is 5.56 Å². The van der Waals surface area contributed by atoms with E-state index in [2.05, 4.69) is 9.88 Å². The van der Waals surface area contributed by atoms with E-state index < -0.39 is 18.0 Å². The van der Waals surface area contributed by atoms with Gasteiger partial charge in [0.2, 0.25) is 0 Å². The Bertz CT molecular complexity index is 780. The maximum atomic E-state index is 12.5. The van der Waals surface area contributed by atoms with Crippen molar-refractivity contribution < 1.29 is 14.6 Å². The van der Waals surface area contributed by atoms with Gasteiger partial charge in [0, 0.05) is 24.2 Å². The van der Waals surface area contributed by atoms with Gasteiger partial charge < -0.3 is 14.6 Å². The molecule has 0 radical (unpaired) electrons. The van der Waals surface area contributed by atoms with Crippen molar-refractivity contribution in [2.75, 3.05) is 19.7 Å². The summed E-state index contributed by atoms with van der Waals surface area (Å²) in [5.41, 5.74) is -0.575. The minimum absolute atomic E-state index is 0.0367. The first-order valence-electron chi connectivity index (χ1n) is 9.39. The largest absolute Gasteiger partial charge is 0.394 e. The first-order chi connectivity index (χ1) is 12.4. The van der Waals surface area contributed by atoms with Gasteiger partial charge in [-0.1, -0.05) is 0 Å². The number of aromatic amines is 1. The Morgan fingerprint density at radius 3 is 2.73 bits per heavy atom. The molecule has 3 unspecified atom stereocenters. The molecule has 3 aliphatic heterocycles. The number of hydrogen-bond acceptors (Lipinski definition) is 6. The van der Waals surface area contributed by atoms with Crippen LogP contribution in [-0.2, 0) is 16.0 Å². The van der Waals surface area contributed by atoms with Gasteiger partial charge in [-0.25, -0.2) is 4.79 Å². The maximum Gasteiger partial charge on any atom is 0.330 e. The number of ether oxygens (including phenoxy) is 2. The Morgan fingerprint density at radius 2 is 2.04 bits per heavy atom. The second-order valence-electron chi connectivity index (χ2n) is 8.26. The van der Waals surface area contributed by atoms with E-state index in [-0.39, 0.29) is 29.8 Å². The monoisotopic (exact) mass is 365 g/mol. The number of rotatable bonds is 4. The number of nitrogens with one attached hydrogen (secondary N) is 1. The first kappa shape index (κ1) is 17.9. The summed E-state index contributed by atoms with van der Waals surface area (Å²) in [5.74, 6) is -0.0367. The van der Waals surface area contributed by atoms with E-state index in [9.17, 15) is 14.7 Å². The van der Waals surface area contributed by atoms with Crippen LogP contribution in [0.15, 0.2) is 15.8 Å². The zero-order valence-electron chi connectivity index (χ0n) is 15.3. The molecule has 4 rings (SSSR count). The van der Waals surface area contributed by atoms with Gasteiger partial charge in [-0.2, -0.15) is 0 Å². The number of aromatic nitrogens is 2. The number of fused-ring (bicyclic) bond motifs is 1. The van der Waals surface area contributed by atoms with Gasteiger partial charge in [-0.05, 0) is 46.2 Å². The molecule has 3 aliphatic rings. The first-order valence-corrected chi connectivity index (χ1v) is 9.39. The van der Waals surface area contributed by atoms with Gasteiger partial charge in [-0.15, -0.1) is 0 Å². The zero-order chi connectivity index (χ0) is 18.5. The normalized spacial score (nSPS) is 33.7. The predicted octanol–water partition coefficient (Wildman–Crippen LogP) is 0.206. The third kappa shape index (κ3) is 3.15. The van der Waals surface area contributed by atoms with Crippen molar-refractivity contribution in [3.05, 3.63) is 32.6 Å². The van der Waals surface area contributed by atoms with E-state index in [0.29, 0.717) is 12.1 Å². The molecule has 8 nitrogen and oxygen atoms in total. The lowest BCUT2D eigenvalue weighted by Crippen LogP contribution is -2.37. The quantitative estimate of drug-likeness (QED) is 0.792. The van der Waals surface area contributed by atoms with Crippen LogP contribution in [0, 0.1) is 5.92 Å². The smallest absolute Gasteiger partial charge is 0.330 e. The number of likely N-dealkylation sites (tertiary alicyclic amines) is 1. The van der Waals surface area contributed by atoms with Gasteiger partial charge in [0.15, 0.2) is 0 Å². The van der Waals surface area contributed by atoms with Crippen molar-refractivity contribution in [1.82, 2.24) is 14.5 Å². The summed E-state index contributed by atoms with van der Waals surface area (Å²) in [5, 5.41) is 9.65. The molecule has 1 aromatic rings. The number of aliphatic hydroxyl groups excluding tert-OH is 1. The van der Waals surface area contributed by atoms with Crippen LogP contribution < -0.4 is 11.2 Å². The van der Waals surface area contributed by atoms with E-state index >= 15 is 0 Å². The molecule has 0 saturated carbocycles. The van der Waals surface area contributed by atoms with Crippen molar-refractivity contribution >= 4 is 0 Å². The molecular formula is C18H27N3O5. The van der Waals surface area contributed by atoms with Crippen LogP contribution in [0.4, 0.5) is 0 Å². The number of hydrogen-bond donors (Lipinski definition) is 2. The van der Waals surface area contributed by atoms with Crippen LogP contribution in [0.5, 0.6) is 0 Å². The highest BCUT2D eigenvalue weighted by atomic mass is 16.6. The Hall–Kier alpha value is -1.48. The SMILES string of the molecule is CC1(C)CC2C(O1)C(CO)O[C@H]2n1cc(CN2CCCC2)c(=O)[nH]c1=O. The number of nitrogens with zero attached hydrogens (tertiary/aromatic N) is 2. The molecular weight excluding hydrogens is 338 g/mol. The lowest BCUT2D eigenvalue weighted by Gasteiger charge is -2.24. The fourth-order valence-corrected chi connectivity index (χ4v) is 4.59. The van der Waals surface area contributed by atoms with Crippen molar-refractivity contribution in [3.63, 3.8) is 0 Å². The number of H-pyrrole nitrogens is 1. The fraction of sp³-hybridized carbons (Fsp3) is 0.778. The molecule has 0 aromatic carbocycles. The van der Waals surface area contributed by atoms with E-state index in [4.69, 9.17) is 9.47 Å². The third-order valence-electron chi connectivity index (χ3n) is 5.74. The van der Waals surface area contributed by atoms with Crippen LogP contribution in [0.3, 0.4) is 0 Å². The zero-order valence-corrected chi connectivity index (χ0v) is 15.3. The average molecular weight is 365 g/mol. The van der Waals surface area contributed by atoms with Crippen LogP contribution >= 0.6 is 0 Å². The Kier molecular flexibility index (Phi) is 4.54. The van der Waals surface area contributed by atoms with E-state index in [1.165, 1.54) is 4.57 Å². The van der Waals surface area contributed by atoms with Gasteiger partial charge >= 0.3 is 5.69 Å². The van der Waals surface area contributed by atoms with Crippen LogP contribution in [-0.4, -0.2) is 57.1 Å². The predicted molar refractivity (Wildman–Crippen MR) is 93.9 cm³/mol. The van der Waals surface area contributed by atoms with E-state index in [0.717, 1.165) is 32.4 Å². The van der Waals surface area contributed by atoms with Crippen molar-refractivity contribution in [1.29, 1.82) is 0 Å². The van der Waals surface area contributed by atoms with E-state index in [1.807, 2.05) is 13.8 Å².